The molecule has 2 aromatic heterocycles. The highest BCUT2D eigenvalue weighted by Crippen LogP contribution is 2.23. The molecule has 0 fully saturated rings. The summed E-state index contributed by atoms with van der Waals surface area (Å²) in [6, 6.07) is 0. The van der Waals surface area contributed by atoms with Gasteiger partial charge in [0, 0.05) is 6.20 Å². The average Bonchev–Trinajstić information content (AvgIpc) is 2.49. The number of nitrogen functional groups attached to an aromatic ring is 1. The number of fused-ring (bicyclic) bond motifs is 1. The lowest BCUT2D eigenvalue weighted by Gasteiger charge is -2.01. The fraction of sp³-hybridized carbons (Fsp3) is 0. The predicted molar refractivity (Wildman–Crippen MR) is 55.7 cm³/mol. The van der Waals surface area contributed by atoms with E-state index < -0.39 is 0 Å². The molecule has 0 aliphatic heterocycles. The summed E-state index contributed by atoms with van der Waals surface area (Å²) in [7, 11) is 0. The van der Waals surface area contributed by atoms with E-state index in [1.165, 1.54) is 0 Å². The number of nitrogens with zero attached hydrogens (tertiary/aromatic N) is 2. The number of aromatic nitrogens is 3. The van der Waals surface area contributed by atoms with Crippen molar-refractivity contribution in [3.63, 3.8) is 0 Å². The molecule has 0 aliphatic carbocycles. The monoisotopic (exact) mass is 255 g/mol. The van der Waals surface area contributed by atoms with E-state index in [1.54, 1.807) is 6.20 Å². The van der Waals surface area contributed by atoms with Crippen LogP contribution < -0.4 is 11.1 Å². The molecule has 0 saturated heterocycles. The Kier molecular flexibility index (Phi) is 2.08. The Morgan fingerprint density at radius 3 is 3.07 bits per heavy atom. The van der Waals surface area contributed by atoms with Crippen molar-refractivity contribution in [2.24, 2.45) is 0 Å². The third-order valence-corrected chi connectivity index (χ3v) is 2.28. The summed E-state index contributed by atoms with van der Waals surface area (Å²) in [4.78, 5) is 21.3. The summed E-state index contributed by atoms with van der Waals surface area (Å²) in [5, 5.41) is 2.37. The van der Waals surface area contributed by atoms with Gasteiger partial charge in [-0.15, -0.1) is 0 Å². The first-order valence-corrected chi connectivity index (χ1v) is 4.52. The van der Waals surface area contributed by atoms with E-state index in [-0.39, 0.29) is 11.6 Å². The quantitative estimate of drug-likeness (QED) is 0.694. The fourth-order valence-corrected chi connectivity index (χ4v) is 1.47. The number of H-pyrrole nitrogens is 1. The van der Waals surface area contributed by atoms with Crippen molar-refractivity contribution in [1.82, 2.24) is 15.0 Å². The van der Waals surface area contributed by atoms with Crippen LogP contribution in [0, 0.1) is 0 Å². The number of amides is 1. The van der Waals surface area contributed by atoms with Crippen LogP contribution in [0.2, 0.25) is 0 Å². The van der Waals surface area contributed by atoms with Gasteiger partial charge in [-0.3, -0.25) is 4.79 Å². The highest BCUT2D eigenvalue weighted by molar-refractivity contribution is 9.10. The maximum absolute atomic E-state index is 10.2. The number of anilines is 2. The van der Waals surface area contributed by atoms with Gasteiger partial charge in [0.15, 0.2) is 17.3 Å². The minimum absolute atomic E-state index is 0.180. The van der Waals surface area contributed by atoms with Crippen molar-refractivity contribution < 1.29 is 4.79 Å². The Balaban J connectivity index is 2.67. The normalized spacial score (nSPS) is 10.4. The lowest BCUT2D eigenvalue weighted by molar-refractivity contribution is -0.105. The number of rotatable bonds is 2. The molecule has 7 heteroatoms. The lowest BCUT2D eigenvalue weighted by Crippen LogP contribution is -2.03. The molecule has 2 aromatic rings. The number of halogens is 1. The van der Waals surface area contributed by atoms with E-state index in [1.807, 2.05) is 0 Å². The summed E-state index contributed by atoms with van der Waals surface area (Å²) >= 11 is 3.29. The summed E-state index contributed by atoms with van der Waals surface area (Å²) in [6.07, 6.45) is 2.21. The Hall–Kier alpha value is -1.63. The lowest BCUT2D eigenvalue weighted by atomic mass is 10.5. The number of hydrogen-bond donors (Lipinski definition) is 3. The first-order valence-electron chi connectivity index (χ1n) is 3.72. The molecular weight excluding hydrogens is 250 g/mol. The van der Waals surface area contributed by atoms with Gasteiger partial charge >= 0.3 is 0 Å². The topological polar surface area (TPSA) is 96.7 Å². The van der Waals surface area contributed by atoms with Gasteiger partial charge in [0.25, 0.3) is 0 Å². The molecule has 1 amide bonds. The van der Waals surface area contributed by atoms with Crippen molar-refractivity contribution in [1.29, 1.82) is 0 Å². The largest absolute Gasteiger partial charge is 0.381 e. The second kappa shape index (κ2) is 3.26. The molecule has 72 valence electrons. The average molecular weight is 256 g/mol. The predicted octanol–water partition coefficient (Wildman–Crippen LogP) is 0.871. The number of nitrogens with two attached hydrogens (primary N) is 1. The minimum Gasteiger partial charge on any atom is -0.381 e. The number of carbonyl (C=O) groups is 1. The van der Waals surface area contributed by atoms with Crippen LogP contribution in [0.15, 0.2) is 10.7 Å². The first-order chi connectivity index (χ1) is 6.72. The minimum atomic E-state index is 0.180. The zero-order chi connectivity index (χ0) is 10.1. The Morgan fingerprint density at radius 1 is 1.57 bits per heavy atom. The Labute approximate surface area is 87.0 Å². The van der Waals surface area contributed by atoms with Crippen LogP contribution in [0.4, 0.5) is 11.6 Å². The molecule has 0 bridgehead atoms. The van der Waals surface area contributed by atoms with Gasteiger partial charge in [0.05, 0.1) is 4.47 Å². The molecule has 4 N–H and O–H groups in total. The van der Waals surface area contributed by atoms with Gasteiger partial charge in [0.1, 0.15) is 5.52 Å². The van der Waals surface area contributed by atoms with E-state index in [0.717, 1.165) is 4.47 Å². The zero-order valence-corrected chi connectivity index (χ0v) is 8.50. The van der Waals surface area contributed by atoms with E-state index in [4.69, 9.17) is 5.73 Å². The molecule has 0 unspecified atom stereocenters. The SMILES string of the molecule is Nc1nc2[nH]cc(Br)c2nc1NC=O. The summed E-state index contributed by atoms with van der Waals surface area (Å²) < 4.78 is 0.772. The Morgan fingerprint density at radius 2 is 2.36 bits per heavy atom. The smallest absolute Gasteiger partial charge is 0.212 e. The number of nitrogens with one attached hydrogen (secondary N) is 2. The number of carbonyl (C=O) groups excluding carboxylic acids is 1. The third kappa shape index (κ3) is 1.31. The highest BCUT2D eigenvalue weighted by atomic mass is 79.9. The summed E-state index contributed by atoms with van der Waals surface area (Å²) in [5.74, 6) is 0.437. The molecule has 14 heavy (non-hydrogen) atoms. The van der Waals surface area contributed by atoms with Crippen LogP contribution in [0.3, 0.4) is 0 Å². The van der Waals surface area contributed by atoms with Crippen molar-refractivity contribution in [2.45, 2.75) is 0 Å². The van der Waals surface area contributed by atoms with Gasteiger partial charge < -0.3 is 16.0 Å². The third-order valence-electron chi connectivity index (χ3n) is 1.68. The molecule has 0 aromatic carbocycles. The second-order valence-electron chi connectivity index (χ2n) is 2.55. The number of aromatic amines is 1. The molecule has 0 saturated carbocycles. The molecule has 2 heterocycles. The van der Waals surface area contributed by atoms with Crippen LogP contribution >= 0.6 is 15.9 Å². The Bertz CT molecular complexity index is 494. The standard InChI is InChI=1S/C7H6BrN5O/c8-3-1-10-6-4(3)12-7(11-2-14)5(9)13-6/h1-2H,(H3,9,10,13)(H,11,12,14). The van der Waals surface area contributed by atoms with Gasteiger partial charge in [-0.2, -0.15) is 0 Å². The molecular formula is C7H6BrN5O. The molecule has 6 nitrogen and oxygen atoms in total. The number of hydrogen-bond acceptors (Lipinski definition) is 4. The first kappa shape index (κ1) is 8.95. The van der Waals surface area contributed by atoms with E-state index in [0.29, 0.717) is 17.6 Å². The van der Waals surface area contributed by atoms with Gasteiger partial charge in [-0.1, -0.05) is 0 Å². The van der Waals surface area contributed by atoms with Crippen LogP contribution in [-0.4, -0.2) is 21.4 Å². The van der Waals surface area contributed by atoms with Crippen molar-refractivity contribution in [3.05, 3.63) is 10.7 Å². The highest BCUT2D eigenvalue weighted by Gasteiger charge is 2.08. The maximum Gasteiger partial charge on any atom is 0.212 e. The van der Waals surface area contributed by atoms with E-state index >= 15 is 0 Å². The van der Waals surface area contributed by atoms with Crippen molar-refractivity contribution in [2.75, 3.05) is 11.1 Å². The van der Waals surface area contributed by atoms with E-state index in [9.17, 15) is 4.79 Å². The van der Waals surface area contributed by atoms with Crippen molar-refractivity contribution in [3.8, 4) is 0 Å². The van der Waals surface area contributed by atoms with Gasteiger partial charge in [-0.05, 0) is 15.9 Å². The van der Waals surface area contributed by atoms with Crippen LogP contribution in [0.25, 0.3) is 11.2 Å². The summed E-state index contributed by atoms with van der Waals surface area (Å²) in [5.41, 5.74) is 6.75. The van der Waals surface area contributed by atoms with Crippen molar-refractivity contribution >= 4 is 45.1 Å². The molecule has 0 atom stereocenters. The van der Waals surface area contributed by atoms with Gasteiger partial charge in [-0.25, -0.2) is 9.97 Å². The zero-order valence-electron chi connectivity index (χ0n) is 6.91. The second-order valence-corrected chi connectivity index (χ2v) is 3.41. The van der Waals surface area contributed by atoms with Crippen LogP contribution in [0.1, 0.15) is 0 Å². The van der Waals surface area contributed by atoms with E-state index in [2.05, 4.69) is 36.2 Å². The molecule has 0 spiro atoms. The van der Waals surface area contributed by atoms with Crippen LogP contribution in [-0.2, 0) is 4.79 Å². The fourth-order valence-electron chi connectivity index (χ4n) is 1.08. The maximum atomic E-state index is 10.2. The van der Waals surface area contributed by atoms with Gasteiger partial charge in [0.2, 0.25) is 6.41 Å². The molecule has 0 aliphatic rings. The summed E-state index contributed by atoms with van der Waals surface area (Å²) in [6.45, 7) is 0. The molecule has 2 rings (SSSR count). The molecule has 0 radical (unpaired) electrons. The van der Waals surface area contributed by atoms with Crippen LogP contribution in [0.5, 0.6) is 0 Å².